The molecule has 0 aromatic heterocycles. The minimum absolute atomic E-state index is 0.260. The number of hydrogen-bond donors (Lipinski definition) is 0. The Morgan fingerprint density at radius 2 is 1.90 bits per heavy atom. The maximum Gasteiger partial charge on any atom is 0.255 e. The molecule has 2 atom stereocenters. The molecule has 7 heteroatoms. The Morgan fingerprint density at radius 1 is 1.33 bits per heavy atom. The fourth-order valence-electron chi connectivity index (χ4n) is 1.84. The fraction of sp³-hybridized carbons (Fsp3) is 0.500. The molecule has 0 saturated carbocycles. The Labute approximate surface area is 134 Å². The Hall–Kier alpha value is -1.08. The van der Waals surface area contributed by atoms with E-state index in [1.165, 1.54) is 18.3 Å². The van der Waals surface area contributed by atoms with E-state index < -0.39 is 21.1 Å². The number of nitrogens with zero attached hydrogens (tertiary/aromatic N) is 1. The van der Waals surface area contributed by atoms with Gasteiger partial charge in [0.05, 0.1) is 17.9 Å². The molecule has 0 aliphatic carbocycles. The van der Waals surface area contributed by atoms with Crippen molar-refractivity contribution in [3.8, 4) is 5.75 Å². The number of sulfone groups is 1. The summed E-state index contributed by atoms with van der Waals surface area (Å²) in [4.78, 5) is 14.0. The van der Waals surface area contributed by atoms with Crippen molar-refractivity contribution in [2.24, 2.45) is 0 Å². The number of ether oxygens (including phenoxy) is 1. The van der Waals surface area contributed by atoms with Gasteiger partial charge in [-0.15, -0.1) is 0 Å². The van der Waals surface area contributed by atoms with Gasteiger partial charge in [0.1, 0.15) is 5.75 Å². The summed E-state index contributed by atoms with van der Waals surface area (Å²) >= 11 is 3.33. The van der Waals surface area contributed by atoms with Crippen molar-refractivity contribution in [3.63, 3.8) is 0 Å². The first-order chi connectivity index (χ1) is 9.59. The van der Waals surface area contributed by atoms with Crippen molar-refractivity contribution in [2.75, 3.05) is 20.4 Å². The second-order valence-corrected chi connectivity index (χ2v) is 8.29. The quantitative estimate of drug-likeness (QED) is 0.789. The van der Waals surface area contributed by atoms with Crippen LogP contribution in [0.3, 0.4) is 0 Å². The number of carbonyl (C=O) groups excluding carboxylic acids is 1. The van der Waals surface area contributed by atoms with E-state index >= 15 is 0 Å². The van der Waals surface area contributed by atoms with E-state index in [9.17, 15) is 13.2 Å². The second kappa shape index (κ2) is 6.79. The predicted molar refractivity (Wildman–Crippen MR) is 86.6 cm³/mol. The van der Waals surface area contributed by atoms with Crippen LogP contribution in [0.5, 0.6) is 5.75 Å². The van der Waals surface area contributed by atoms with Crippen molar-refractivity contribution in [3.05, 3.63) is 28.2 Å². The summed E-state index contributed by atoms with van der Waals surface area (Å²) < 4.78 is 29.0. The van der Waals surface area contributed by atoms with Crippen LogP contribution in [0.1, 0.15) is 24.2 Å². The lowest BCUT2D eigenvalue weighted by Gasteiger charge is -2.29. The van der Waals surface area contributed by atoms with Crippen LogP contribution in [0.4, 0.5) is 0 Å². The average molecular weight is 378 g/mol. The largest absolute Gasteiger partial charge is 0.497 e. The van der Waals surface area contributed by atoms with Gasteiger partial charge < -0.3 is 9.64 Å². The van der Waals surface area contributed by atoms with Gasteiger partial charge in [0.2, 0.25) is 0 Å². The van der Waals surface area contributed by atoms with E-state index in [-0.39, 0.29) is 5.91 Å². The van der Waals surface area contributed by atoms with E-state index in [1.54, 1.807) is 39.1 Å². The SMILES string of the molecule is COc1ccc(Br)c(C(=O)N(C)C(C)C(C)S(C)(=O)=O)c1. The first-order valence-corrected chi connectivity index (χ1v) is 9.14. The standard InChI is InChI=1S/C14H20BrNO4S/c1-9(10(2)21(5,18)19)16(3)14(17)12-8-11(20-4)6-7-13(12)15/h6-10H,1-5H3. The molecule has 1 aromatic carbocycles. The molecule has 1 aromatic rings. The van der Waals surface area contributed by atoms with E-state index in [1.807, 2.05) is 0 Å². The summed E-state index contributed by atoms with van der Waals surface area (Å²) in [6, 6.07) is 4.65. The van der Waals surface area contributed by atoms with Gasteiger partial charge in [-0.05, 0) is 48.0 Å². The first kappa shape index (κ1) is 18.0. The molecule has 0 spiro atoms. The molecule has 21 heavy (non-hydrogen) atoms. The Kier molecular flexibility index (Phi) is 5.81. The maximum absolute atomic E-state index is 12.6. The molecule has 5 nitrogen and oxygen atoms in total. The van der Waals surface area contributed by atoms with Gasteiger partial charge in [-0.2, -0.15) is 0 Å². The van der Waals surface area contributed by atoms with Crippen LogP contribution in [0, 0.1) is 0 Å². The number of halogens is 1. The van der Waals surface area contributed by atoms with Crippen molar-refractivity contribution in [1.29, 1.82) is 0 Å². The number of hydrogen-bond acceptors (Lipinski definition) is 4. The van der Waals surface area contributed by atoms with Crippen LogP contribution in [0.25, 0.3) is 0 Å². The summed E-state index contributed by atoms with van der Waals surface area (Å²) in [6.45, 7) is 3.32. The number of rotatable bonds is 5. The predicted octanol–water partition coefficient (Wildman–Crippen LogP) is 2.35. The monoisotopic (exact) mass is 377 g/mol. The Morgan fingerprint density at radius 3 is 2.38 bits per heavy atom. The lowest BCUT2D eigenvalue weighted by atomic mass is 10.1. The molecule has 1 amide bonds. The number of carbonyl (C=O) groups is 1. The van der Waals surface area contributed by atoms with Gasteiger partial charge in [-0.25, -0.2) is 8.42 Å². The minimum Gasteiger partial charge on any atom is -0.497 e. The van der Waals surface area contributed by atoms with E-state index in [0.717, 1.165) is 0 Å². The molecule has 1 rings (SSSR count). The molecule has 0 saturated heterocycles. The topological polar surface area (TPSA) is 63.7 Å². The van der Waals surface area contributed by atoms with Crippen LogP contribution < -0.4 is 4.74 Å². The molecule has 0 aliphatic heterocycles. The second-order valence-electron chi connectivity index (χ2n) is 5.04. The van der Waals surface area contributed by atoms with Crippen molar-refractivity contribution < 1.29 is 17.9 Å². The van der Waals surface area contributed by atoms with Crippen molar-refractivity contribution >= 4 is 31.7 Å². The van der Waals surface area contributed by atoms with Gasteiger partial charge in [-0.3, -0.25) is 4.79 Å². The summed E-state index contributed by atoms with van der Waals surface area (Å²) in [7, 11) is -0.0948. The number of methoxy groups -OCH3 is 1. The zero-order valence-electron chi connectivity index (χ0n) is 12.8. The molecule has 0 heterocycles. The summed E-state index contributed by atoms with van der Waals surface area (Å²) in [6.07, 6.45) is 1.17. The van der Waals surface area contributed by atoms with Gasteiger partial charge >= 0.3 is 0 Å². The molecular formula is C14H20BrNO4S. The first-order valence-electron chi connectivity index (χ1n) is 6.39. The smallest absolute Gasteiger partial charge is 0.255 e. The number of benzene rings is 1. The Balaban J connectivity index is 3.08. The summed E-state index contributed by atoms with van der Waals surface area (Å²) in [5.41, 5.74) is 0.435. The van der Waals surface area contributed by atoms with Crippen LogP contribution in [-0.4, -0.2) is 50.9 Å². The van der Waals surface area contributed by atoms with E-state index in [0.29, 0.717) is 15.8 Å². The third-order valence-corrected chi connectivity index (χ3v) is 6.13. The van der Waals surface area contributed by atoms with E-state index in [2.05, 4.69) is 15.9 Å². The summed E-state index contributed by atoms with van der Waals surface area (Å²) in [5, 5.41) is -0.643. The molecule has 0 bridgehead atoms. The highest BCUT2D eigenvalue weighted by Gasteiger charge is 2.29. The lowest BCUT2D eigenvalue weighted by Crippen LogP contribution is -2.44. The Bertz CT molecular complexity index is 630. The molecule has 0 aliphatic rings. The highest BCUT2D eigenvalue weighted by molar-refractivity contribution is 9.10. The highest BCUT2D eigenvalue weighted by Crippen LogP contribution is 2.24. The summed E-state index contributed by atoms with van der Waals surface area (Å²) in [5.74, 6) is 0.308. The van der Waals surface area contributed by atoms with Crippen molar-refractivity contribution in [2.45, 2.75) is 25.1 Å². The van der Waals surface area contributed by atoms with Crippen LogP contribution in [0.15, 0.2) is 22.7 Å². The van der Waals surface area contributed by atoms with Crippen LogP contribution in [0.2, 0.25) is 0 Å². The molecule has 0 N–H and O–H groups in total. The molecule has 2 unspecified atom stereocenters. The maximum atomic E-state index is 12.6. The zero-order chi connectivity index (χ0) is 16.4. The van der Waals surface area contributed by atoms with E-state index in [4.69, 9.17) is 4.74 Å². The minimum atomic E-state index is -3.22. The zero-order valence-corrected chi connectivity index (χ0v) is 15.2. The van der Waals surface area contributed by atoms with Gasteiger partial charge in [-0.1, -0.05) is 0 Å². The normalized spacial score (nSPS) is 14.4. The lowest BCUT2D eigenvalue weighted by molar-refractivity contribution is 0.0741. The fourth-order valence-corrected chi connectivity index (χ4v) is 3.16. The molecule has 0 radical (unpaired) electrons. The number of amides is 1. The van der Waals surface area contributed by atoms with Gasteiger partial charge in [0, 0.05) is 23.8 Å². The molecular weight excluding hydrogens is 358 g/mol. The van der Waals surface area contributed by atoms with Crippen LogP contribution in [-0.2, 0) is 9.84 Å². The third kappa shape index (κ3) is 4.20. The average Bonchev–Trinajstić information content (AvgIpc) is 2.43. The van der Waals surface area contributed by atoms with Gasteiger partial charge in [0.25, 0.3) is 5.91 Å². The highest BCUT2D eigenvalue weighted by atomic mass is 79.9. The molecule has 118 valence electrons. The third-order valence-electron chi connectivity index (χ3n) is 3.69. The molecule has 0 fully saturated rings. The van der Waals surface area contributed by atoms with Gasteiger partial charge in [0.15, 0.2) is 9.84 Å². The van der Waals surface area contributed by atoms with Crippen molar-refractivity contribution in [1.82, 2.24) is 4.90 Å². The van der Waals surface area contributed by atoms with Crippen LogP contribution >= 0.6 is 15.9 Å².